The van der Waals surface area contributed by atoms with Crippen molar-refractivity contribution in [2.24, 2.45) is 7.05 Å². The molecule has 1 aromatic carbocycles. The minimum absolute atomic E-state index is 0.333. The van der Waals surface area contributed by atoms with Gasteiger partial charge in [0, 0.05) is 38.4 Å². The van der Waals surface area contributed by atoms with Crippen LogP contribution >= 0.6 is 0 Å². The first-order valence-electron chi connectivity index (χ1n) is 7.64. The normalized spacial score (nSPS) is 22.1. The standard InChI is InChI=1S/C17H23N3O2/c1-14-4-3-5-16(8-14)22-13-17(21)6-7-20(12-17)11-15-9-18-19(2)10-15/h3-5,8-10,21H,6-7,11-13H2,1-2H3/t17-/m0/s1. The summed E-state index contributed by atoms with van der Waals surface area (Å²) in [6, 6.07) is 7.93. The van der Waals surface area contributed by atoms with Crippen LogP contribution in [0.2, 0.25) is 0 Å². The summed E-state index contributed by atoms with van der Waals surface area (Å²) in [6.45, 7) is 4.70. The predicted octanol–water partition coefficient (Wildman–Crippen LogP) is 1.74. The van der Waals surface area contributed by atoms with E-state index in [4.69, 9.17) is 4.74 Å². The lowest BCUT2D eigenvalue weighted by Crippen LogP contribution is -2.39. The Morgan fingerprint density at radius 3 is 3.00 bits per heavy atom. The summed E-state index contributed by atoms with van der Waals surface area (Å²) in [4.78, 5) is 2.25. The molecule has 1 saturated heterocycles. The van der Waals surface area contributed by atoms with Gasteiger partial charge in [-0.3, -0.25) is 9.58 Å². The highest BCUT2D eigenvalue weighted by molar-refractivity contribution is 5.27. The zero-order valence-corrected chi connectivity index (χ0v) is 13.2. The predicted molar refractivity (Wildman–Crippen MR) is 84.7 cm³/mol. The molecular weight excluding hydrogens is 278 g/mol. The number of aromatic nitrogens is 2. The molecule has 1 aromatic heterocycles. The summed E-state index contributed by atoms with van der Waals surface area (Å²) in [5, 5.41) is 14.9. The molecule has 5 nitrogen and oxygen atoms in total. The Balaban J connectivity index is 1.54. The maximum Gasteiger partial charge on any atom is 0.119 e. The van der Waals surface area contributed by atoms with E-state index in [2.05, 4.69) is 10.00 Å². The second-order valence-corrected chi connectivity index (χ2v) is 6.31. The van der Waals surface area contributed by atoms with E-state index in [0.29, 0.717) is 13.2 Å². The molecule has 0 spiro atoms. The van der Waals surface area contributed by atoms with Gasteiger partial charge in [-0.15, -0.1) is 0 Å². The number of nitrogens with zero attached hydrogens (tertiary/aromatic N) is 3. The molecule has 0 bridgehead atoms. The van der Waals surface area contributed by atoms with Crippen LogP contribution in [-0.4, -0.2) is 45.1 Å². The fourth-order valence-corrected chi connectivity index (χ4v) is 2.93. The van der Waals surface area contributed by atoms with Crippen LogP contribution in [0.3, 0.4) is 0 Å². The van der Waals surface area contributed by atoms with E-state index >= 15 is 0 Å². The molecular formula is C17H23N3O2. The zero-order chi connectivity index (χ0) is 15.6. The van der Waals surface area contributed by atoms with E-state index in [-0.39, 0.29) is 0 Å². The summed E-state index contributed by atoms with van der Waals surface area (Å²) in [7, 11) is 1.92. The molecule has 0 unspecified atom stereocenters. The van der Waals surface area contributed by atoms with Crippen molar-refractivity contribution in [2.75, 3.05) is 19.7 Å². The second-order valence-electron chi connectivity index (χ2n) is 6.31. The van der Waals surface area contributed by atoms with Crippen LogP contribution in [0.5, 0.6) is 5.75 Å². The number of aryl methyl sites for hydroxylation is 2. The lowest BCUT2D eigenvalue weighted by atomic mass is 10.1. The van der Waals surface area contributed by atoms with Gasteiger partial charge in [0.25, 0.3) is 0 Å². The average Bonchev–Trinajstić information content (AvgIpc) is 3.04. The van der Waals surface area contributed by atoms with Crippen LogP contribution in [0.15, 0.2) is 36.7 Å². The van der Waals surface area contributed by atoms with Crippen molar-refractivity contribution >= 4 is 0 Å². The number of ether oxygens (including phenoxy) is 1. The number of benzene rings is 1. The van der Waals surface area contributed by atoms with Gasteiger partial charge in [-0.1, -0.05) is 12.1 Å². The topological polar surface area (TPSA) is 50.5 Å². The van der Waals surface area contributed by atoms with Crippen LogP contribution < -0.4 is 4.74 Å². The third kappa shape index (κ3) is 3.67. The minimum Gasteiger partial charge on any atom is -0.491 e. The summed E-state index contributed by atoms with van der Waals surface area (Å²) < 4.78 is 7.59. The first-order valence-corrected chi connectivity index (χ1v) is 7.64. The summed E-state index contributed by atoms with van der Waals surface area (Å²) in [5.41, 5.74) is 1.56. The largest absolute Gasteiger partial charge is 0.491 e. The van der Waals surface area contributed by atoms with Crippen molar-refractivity contribution in [1.29, 1.82) is 0 Å². The number of likely N-dealkylation sites (tertiary alicyclic amines) is 1. The van der Waals surface area contributed by atoms with Gasteiger partial charge >= 0.3 is 0 Å². The number of rotatable bonds is 5. The number of hydrogen-bond acceptors (Lipinski definition) is 4. The molecule has 3 rings (SSSR count). The Kier molecular flexibility index (Phi) is 4.18. The number of hydrogen-bond donors (Lipinski definition) is 1. The highest BCUT2D eigenvalue weighted by Gasteiger charge is 2.36. The van der Waals surface area contributed by atoms with Crippen molar-refractivity contribution in [3.05, 3.63) is 47.8 Å². The Labute approximate surface area is 131 Å². The molecule has 1 aliphatic heterocycles. The van der Waals surface area contributed by atoms with Gasteiger partial charge in [0.15, 0.2) is 0 Å². The molecule has 1 atom stereocenters. The van der Waals surface area contributed by atoms with Crippen LogP contribution in [0, 0.1) is 6.92 Å². The molecule has 0 amide bonds. The van der Waals surface area contributed by atoms with Crippen molar-refractivity contribution in [3.63, 3.8) is 0 Å². The number of β-amino-alcohol motifs (C(OH)–C–C–N with tert-alkyl or cyclic N) is 1. The van der Waals surface area contributed by atoms with E-state index < -0.39 is 5.60 Å². The summed E-state index contributed by atoms with van der Waals surface area (Å²) in [6.07, 6.45) is 4.63. The number of aliphatic hydroxyl groups is 1. The fraction of sp³-hybridized carbons (Fsp3) is 0.471. The molecule has 1 aliphatic rings. The summed E-state index contributed by atoms with van der Waals surface area (Å²) in [5.74, 6) is 0.819. The van der Waals surface area contributed by atoms with Gasteiger partial charge in [-0.05, 0) is 31.0 Å². The Bertz CT molecular complexity index is 640. The third-order valence-corrected chi connectivity index (χ3v) is 4.07. The summed E-state index contributed by atoms with van der Waals surface area (Å²) >= 11 is 0. The van der Waals surface area contributed by atoms with Crippen LogP contribution in [0.1, 0.15) is 17.5 Å². The van der Waals surface area contributed by atoms with Crippen LogP contribution in [0.4, 0.5) is 0 Å². The van der Waals surface area contributed by atoms with Crippen LogP contribution in [0.25, 0.3) is 0 Å². The van der Waals surface area contributed by atoms with Crippen molar-refractivity contribution in [2.45, 2.75) is 25.5 Å². The van der Waals surface area contributed by atoms with E-state index in [1.165, 1.54) is 5.56 Å². The maximum atomic E-state index is 10.7. The zero-order valence-electron chi connectivity index (χ0n) is 13.2. The van der Waals surface area contributed by atoms with Crippen molar-refractivity contribution < 1.29 is 9.84 Å². The van der Waals surface area contributed by atoms with Gasteiger partial charge in [0.2, 0.25) is 0 Å². The first-order chi connectivity index (χ1) is 10.5. The van der Waals surface area contributed by atoms with Gasteiger partial charge in [-0.25, -0.2) is 0 Å². The Morgan fingerprint density at radius 1 is 1.41 bits per heavy atom. The Morgan fingerprint density at radius 2 is 2.27 bits per heavy atom. The average molecular weight is 301 g/mol. The molecule has 2 heterocycles. The van der Waals surface area contributed by atoms with E-state index in [1.54, 1.807) is 4.68 Å². The van der Waals surface area contributed by atoms with E-state index in [0.717, 1.165) is 30.8 Å². The highest BCUT2D eigenvalue weighted by Crippen LogP contribution is 2.24. The molecule has 0 aliphatic carbocycles. The minimum atomic E-state index is -0.772. The molecule has 118 valence electrons. The molecule has 1 fully saturated rings. The monoisotopic (exact) mass is 301 g/mol. The highest BCUT2D eigenvalue weighted by atomic mass is 16.5. The molecule has 0 radical (unpaired) electrons. The lowest BCUT2D eigenvalue weighted by Gasteiger charge is -2.23. The van der Waals surface area contributed by atoms with E-state index in [1.807, 2.05) is 50.6 Å². The molecule has 5 heteroatoms. The van der Waals surface area contributed by atoms with Gasteiger partial charge in [-0.2, -0.15) is 5.10 Å². The first kappa shape index (κ1) is 15.1. The molecule has 22 heavy (non-hydrogen) atoms. The van der Waals surface area contributed by atoms with Crippen molar-refractivity contribution in [1.82, 2.24) is 14.7 Å². The maximum absolute atomic E-state index is 10.7. The quantitative estimate of drug-likeness (QED) is 0.914. The van der Waals surface area contributed by atoms with Gasteiger partial charge in [0.1, 0.15) is 18.0 Å². The smallest absolute Gasteiger partial charge is 0.119 e. The Hall–Kier alpha value is -1.85. The van der Waals surface area contributed by atoms with Crippen LogP contribution in [-0.2, 0) is 13.6 Å². The second kappa shape index (κ2) is 6.10. The molecule has 2 aromatic rings. The van der Waals surface area contributed by atoms with E-state index in [9.17, 15) is 5.11 Å². The van der Waals surface area contributed by atoms with Gasteiger partial charge in [0.05, 0.1) is 6.20 Å². The lowest BCUT2D eigenvalue weighted by molar-refractivity contribution is 0.00336. The third-order valence-electron chi connectivity index (χ3n) is 4.07. The molecule has 1 N–H and O–H groups in total. The van der Waals surface area contributed by atoms with Crippen molar-refractivity contribution in [3.8, 4) is 5.75 Å². The molecule has 0 saturated carbocycles. The fourth-order valence-electron chi connectivity index (χ4n) is 2.93. The van der Waals surface area contributed by atoms with Gasteiger partial charge < -0.3 is 9.84 Å². The SMILES string of the molecule is Cc1cccc(OC[C@]2(O)CCN(Cc3cnn(C)c3)C2)c1.